The summed E-state index contributed by atoms with van der Waals surface area (Å²) in [6.45, 7) is 9.94. The van der Waals surface area contributed by atoms with E-state index in [9.17, 15) is 0 Å². The van der Waals surface area contributed by atoms with Gasteiger partial charge in [0.2, 0.25) is 0 Å². The van der Waals surface area contributed by atoms with Crippen molar-refractivity contribution in [3.63, 3.8) is 0 Å². The monoisotopic (exact) mass is 446 g/mol. The second kappa shape index (κ2) is 11.7. The molecule has 0 bridgehead atoms. The molecule has 1 atom stereocenters. The van der Waals surface area contributed by atoms with Crippen LogP contribution in [-0.4, -0.2) is 56.8 Å². The van der Waals surface area contributed by atoms with Gasteiger partial charge in [-0.25, -0.2) is 0 Å². The van der Waals surface area contributed by atoms with E-state index in [1.807, 2.05) is 13.1 Å². The van der Waals surface area contributed by atoms with Crippen molar-refractivity contribution in [2.24, 2.45) is 10.9 Å². The van der Waals surface area contributed by atoms with Gasteiger partial charge in [0, 0.05) is 39.3 Å². The number of benzene rings is 1. The summed E-state index contributed by atoms with van der Waals surface area (Å²) in [7, 11) is 1.82. The van der Waals surface area contributed by atoms with Gasteiger partial charge in [-0.15, -0.1) is 24.0 Å². The SMILES string of the molecule is CN=C(NCc1ccccc1)NCC(C(C)C)N1CCOCC1.I. The fourth-order valence-corrected chi connectivity index (χ4v) is 2.90. The van der Waals surface area contributed by atoms with Crippen LogP contribution in [0.2, 0.25) is 0 Å². The zero-order valence-electron chi connectivity index (χ0n) is 15.0. The summed E-state index contributed by atoms with van der Waals surface area (Å²) in [6.07, 6.45) is 0. The first-order valence-corrected chi connectivity index (χ1v) is 8.51. The van der Waals surface area contributed by atoms with Crippen LogP contribution in [0.15, 0.2) is 35.3 Å². The number of morpholine rings is 1. The summed E-state index contributed by atoms with van der Waals surface area (Å²) in [5.41, 5.74) is 1.25. The molecule has 0 radical (unpaired) electrons. The van der Waals surface area contributed by atoms with Crippen LogP contribution in [0.3, 0.4) is 0 Å². The lowest BCUT2D eigenvalue weighted by atomic mass is 10.0. The first-order valence-electron chi connectivity index (χ1n) is 8.51. The predicted octanol–water partition coefficient (Wildman–Crippen LogP) is 2.33. The molecule has 1 aliphatic heterocycles. The van der Waals surface area contributed by atoms with E-state index in [0.29, 0.717) is 12.0 Å². The van der Waals surface area contributed by atoms with Crippen LogP contribution in [0.4, 0.5) is 0 Å². The summed E-state index contributed by atoms with van der Waals surface area (Å²) >= 11 is 0. The molecule has 1 heterocycles. The molecular formula is C18H31IN4O. The zero-order chi connectivity index (χ0) is 16.5. The Bertz CT molecular complexity index is 475. The number of nitrogens with one attached hydrogen (secondary N) is 2. The van der Waals surface area contributed by atoms with Crippen molar-refractivity contribution in [1.82, 2.24) is 15.5 Å². The number of nitrogens with zero attached hydrogens (tertiary/aromatic N) is 2. The first-order chi connectivity index (χ1) is 11.2. The second-order valence-electron chi connectivity index (χ2n) is 6.25. The molecule has 0 aliphatic carbocycles. The number of ether oxygens (including phenoxy) is 1. The van der Waals surface area contributed by atoms with Gasteiger partial charge in [-0.05, 0) is 11.5 Å². The van der Waals surface area contributed by atoms with Crippen molar-refractivity contribution in [2.75, 3.05) is 39.9 Å². The van der Waals surface area contributed by atoms with Crippen LogP contribution in [0, 0.1) is 5.92 Å². The molecule has 2 rings (SSSR count). The lowest BCUT2D eigenvalue weighted by Crippen LogP contribution is -2.52. The van der Waals surface area contributed by atoms with Gasteiger partial charge in [0.25, 0.3) is 0 Å². The van der Waals surface area contributed by atoms with E-state index in [2.05, 4.69) is 58.6 Å². The average molecular weight is 446 g/mol. The largest absolute Gasteiger partial charge is 0.379 e. The number of halogens is 1. The van der Waals surface area contributed by atoms with Gasteiger partial charge >= 0.3 is 0 Å². The number of aliphatic imine (C=N–C) groups is 1. The minimum atomic E-state index is 0. The van der Waals surface area contributed by atoms with Gasteiger partial charge in [0.1, 0.15) is 0 Å². The molecular weight excluding hydrogens is 415 g/mol. The Kier molecular flexibility index (Phi) is 10.3. The third kappa shape index (κ3) is 6.94. The zero-order valence-corrected chi connectivity index (χ0v) is 17.3. The molecule has 6 heteroatoms. The van der Waals surface area contributed by atoms with E-state index in [1.165, 1.54) is 5.56 Å². The molecule has 0 saturated carbocycles. The Balaban J connectivity index is 0.00000288. The van der Waals surface area contributed by atoms with Crippen LogP contribution in [0.5, 0.6) is 0 Å². The van der Waals surface area contributed by atoms with Crippen LogP contribution in [0.25, 0.3) is 0 Å². The number of hydrogen-bond acceptors (Lipinski definition) is 3. The maximum Gasteiger partial charge on any atom is 0.191 e. The van der Waals surface area contributed by atoms with Crippen LogP contribution < -0.4 is 10.6 Å². The van der Waals surface area contributed by atoms with Crippen LogP contribution in [0.1, 0.15) is 19.4 Å². The van der Waals surface area contributed by atoms with Crippen molar-refractivity contribution in [3.05, 3.63) is 35.9 Å². The third-order valence-corrected chi connectivity index (χ3v) is 4.29. The smallest absolute Gasteiger partial charge is 0.191 e. The van der Waals surface area contributed by atoms with E-state index in [-0.39, 0.29) is 24.0 Å². The van der Waals surface area contributed by atoms with Gasteiger partial charge in [-0.3, -0.25) is 9.89 Å². The summed E-state index contributed by atoms with van der Waals surface area (Å²) in [6, 6.07) is 10.9. The van der Waals surface area contributed by atoms with E-state index in [4.69, 9.17) is 4.74 Å². The topological polar surface area (TPSA) is 48.9 Å². The van der Waals surface area contributed by atoms with Crippen LogP contribution >= 0.6 is 24.0 Å². The minimum Gasteiger partial charge on any atom is -0.379 e. The summed E-state index contributed by atoms with van der Waals surface area (Å²) in [5.74, 6) is 1.44. The Morgan fingerprint density at radius 3 is 2.42 bits per heavy atom. The van der Waals surface area contributed by atoms with Gasteiger partial charge in [-0.1, -0.05) is 44.2 Å². The molecule has 1 fully saturated rings. The van der Waals surface area contributed by atoms with E-state index < -0.39 is 0 Å². The summed E-state index contributed by atoms with van der Waals surface area (Å²) in [4.78, 5) is 6.85. The standard InChI is InChI=1S/C18H30N4O.HI/c1-15(2)17(22-9-11-23-12-10-22)14-21-18(19-3)20-13-16-7-5-4-6-8-16;/h4-8,15,17H,9-14H2,1-3H3,(H2,19,20,21);1H. The van der Waals surface area contributed by atoms with Crippen molar-refractivity contribution < 1.29 is 4.74 Å². The molecule has 24 heavy (non-hydrogen) atoms. The molecule has 1 aliphatic rings. The van der Waals surface area contributed by atoms with E-state index in [1.54, 1.807) is 0 Å². The van der Waals surface area contributed by atoms with Crippen molar-refractivity contribution >= 4 is 29.9 Å². The summed E-state index contributed by atoms with van der Waals surface area (Å²) < 4.78 is 5.47. The quantitative estimate of drug-likeness (QED) is 0.400. The van der Waals surface area contributed by atoms with Crippen molar-refractivity contribution in [2.45, 2.75) is 26.4 Å². The lowest BCUT2D eigenvalue weighted by Gasteiger charge is -2.37. The van der Waals surface area contributed by atoms with Crippen molar-refractivity contribution in [1.29, 1.82) is 0 Å². The third-order valence-electron chi connectivity index (χ3n) is 4.29. The Morgan fingerprint density at radius 1 is 1.17 bits per heavy atom. The highest BCUT2D eigenvalue weighted by Crippen LogP contribution is 2.12. The molecule has 0 aromatic heterocycles. The highest BCUT2D eigenvalue weighted by Gasteiger charge is 2.23. The Morgan fingerprint density at radius 2 is 1.83 bits per heavy atom. The second-order valence-corrected chi connectivity index (χ2v) is 6.25. The molecule has 0 amide bonds. The van der Waals surface area contributed by atoms with E-state index >= 15 is 0 Å². The maximum atomic E-state index is 5.47. The molecule has 1 aromatic carbocycles. The minimum absolute atomic E-state index is 0. The predicted molar refractivity (Wildman–Crippen MR) is 111 cm³/mol. The number of rotatable bonds is 6. The van der Waals surface area contributed by atoms with Gasteiger partial charge < -0.3 is 15.4 Å². The van der Waals surface area contributed by atoms with Gasteiger partial charge in [0.05, 0.1) is 13.2 Å². The Hall–Kier alpha value is -0.860. The molecule has 1 saturated heterocycles. The molecule has 1 aromatic rings. The lowest BCUT2D eigenvalue weighted by molar-refractivity contribution is 0.00752. The fourth-order valence-electron chi connectivity index (χ4n) is 2.90. The highest BCUT2D eigenvalue weighted by atomic mass is 127. The fraction of sp³-hybridized carbons (Fsp3) is 0.611. The average Bonchev–Trinajstić information content (AvgIpc) is 2.59. The highest BCUT2D eigenvalue weighted by molar-refractivity contribution is 14.0. The van der Waals surface area contributed by atoms with Gasteiger partial charge in [0.15, 0.2) is 5.96 Å². The molecule has 5 nitrogen and oxygen atoms in total. The number of guanidine groups is 1. The normalized spacial score (nSPS) is 17.2. The molecule has 2 N–H and O–H groups in total. The van der Waals surface area contributed by atoms with E-state index in [0.717, 1.165) is 45.4 Å². The molecule has 0 spiro atoms. The summed E-state index contributed by atoms with van der Waals surface area (Å²) in [5, 5.41) is 6.85. The Labute approximate surface area is 163 Å². The molecule has 1 unspecified atom stereocenters. The van der Waals surface area contributed by atoms with Gasteiger partial charge in [-0.2, -0.15) is 0 Å². The first kappa shape index (κ1) is 21.2. The van der Waals surface area contributed by atoms with Crippen LogP contribution in [-0.2, 0) is 11.3 Å². The number of hydrogen-bond donors (Lipinski definition) is 2. The molecule has 136 valence electrons. The maximum absolute atomic E-state index is 5.47. The van der Waals surface area contributed by atoms with Crippen molar-refractivity contribution in [3.8, 4) is 0 Å².